The molecule has 1 aromatic rings. The minimum atomic E-state index is -1.16. The lowest BCUT2D eigenvalue weighted by atomic mass is 9.99. The van der Waals surface area contributed by atoms with Crippen LogP contribution in [0.5, 0.6) is 5.75 Å². The molecule has 42 heavy (non-hydrogen) atoms. The summed E-state index contributed by atoms with van der Waals surface area (Å²) in [5, 5.41) is 11.2. The molecule has 0 radical (unpaired) electrons. The predicted octanol–water partition coefficient (Wildman–Crippen LogP) is 0.518. The summed E-state index contributed by atoms with van der Waals surface area (Å²) in [6.45, 7) is 14.3. The molecule has 1 aromatic carbocycles. The Hall–Kier alpha value is -3.67. The van der Waals surface area contributed by atoms with Crippen LogP contribution in [0.15, 0.2) is 24.3 Å². The highest BCUT2D eigenvalue weighted by Gasteiger charge is 2.34. The summed E-state index contributed by atoms with van der Waals surface area (Å²) in [5.41, 5.74) is 0.200. The lowest BCUT2D eigenvalue weighted by Crippen LogP contribution is -2.59. The van der Waals surface area contributed by atoms with E-state index in [4.69, 9.17) is 4.74 Å². The van der Waals surface area contributed by atoms with E-state index in [0.717, 1.165) is 6.54 Å². The summed E-state index contributed by atoms with van der Waals surface area (Å²) >= 11 is 0. The molecule has 12 heteroatoms. The molecule has 12 nitrogen and oxygen atoms in total. The summed E-state index contributed by atoms with van der Waals surface area (Å²) < 4.78 is 5.92. The van der Waals surface area contributed by atoms with Crippen molar-refractivity contribution in [2.45, 2.75) is 72.1 Å². The molecule has 0 aliphatic carbocycles. The van der Waals surface area contributed by atoms with Gasteiger partial charge >= 0.3 is 0 Å². The number of nitrogens with one attached hydrogen (secondary N) is 4. The monoisotopic (exact) mass is 586 g/mol. The van der Waals surface area contributed by atoms with Crippen LogP contribution in [0.25, 0.3) is 0 Å². The van der Waals surface area contributed by atoms with Crippen LogP contribution in [-0.2, 0) is 19.2 Å². The zero-order valence-corrected chi connectivity index (χ0v) is 25.6. The van der Waals surface area contributed by atoms with Crippen molar-refractivity contribution in [1.82, 2.24) is 31.1 Å². The molecule has 1 fully saturated rings. The molecule has 4 atom stereocenters. The lowest BCUT2D eigenvalue weighted by molar-refractivity contribution is -0.138. The third-order valence-corrected chi connectivity index (χ3v) is 7.65. The van der Waals surface area contributed by atoms with E-state index in [1.807, 2.05) is 13.8 Å². The van der Waals surface area contributed by atoms with E-state index in [2.05, 4.69) is 33.1 Å². The van der Waals surface area contributed by atoms with Gasteiger partial charge in [0.15, 0.2) is 0 Å². The highest BCUT2D eigenvalue weighted by molar-refractivity contribution is 6.01. The number of nitrogens with zero attached hydrogens (tertiary/aromatic N) is 2. The third-order valence-electron chi connectivity index (χ3n) is 7.65. The van der Waals surface area contributed by atoms with Gasteiger partial charge in [0.1, 0.15) is 30.5 Å². The zero-order valence-electron chi connectivity index (χ0n) is 25.6. The number of para-hydroxylation sites is 1. The number of ether oxygens (including phenoxy) is 1. The minimum absolute atomic E-state index is 0.0630. The van der Waals surface area contributed by atoms with Crippen molar-refractivity contribution in [1.29, 1.82) is 0 Å². The van der Waals surface area contributed by atoms with Crippen molar-refractivity contribution in [3.8, 4) is 5.75 Å². The molecule has 0 saturated carbocycles. The fourth-order valence-electron chi connectivity index (χ4n) is 5.04. The summed E-state index contributed by atoms with van der Waals surface area (Å²) in [7, 11) is 0. The van der Waals surface area contributed by atoms with E-state index >= 15 is 0 Å². The molecule has 232 valence electrons. The molecule has 4 N–H and O–H groups in total. The van der Waals surface area contributed by atoms with Gasteiger partial charge in [-0.2, -0.15) is 0 Å². The molecule has 0 aromatic heterocycles. The highest BCUT2D eigenvalue weighted by Crippen LogP contribution is 2.19. The smallest absolute Gasteiger partial charge is 0.255 e. The van der Waals surface area contributed by atoms with Crippen molar-refractivity contribution in [3.63, 3.8) is 0 Å². The normalized spacial score (nSPS) is 25.5. The Morgan fingerprint density at radius 1 is 0.881 bits per heavy atom. The first-order valence-electron chi connectivity index (χ1n) is 14.8. The number of fused-ring (bicyclic) bond motifs is 1. The molecule has 3 rings (SSSR count). The van der Waals surface area contributed by atoms with Gasteiger partial charge in [0.25, 0.3) is 5.91 Å². The summed E-state index contributed by atoms with van der Waals surface area (Å²) in [4.78, 5) is 70.8. The first kappa shape index (κ1) is 32.8. The standard InChI is InChI=1S/C30H46N6O6/c1-7-35-12-14-36(15-13-35)30(41)22-16-24(37)33-25(18(2)3)29(40)34-26(19(4)5)28(39)31-20(6)17-42-23-11-9-8-10-21(23)27(38)32-22/h8-11,18-20,22,25-26H,7,12-17H2,1-6H3,(H,31,39)(H,32,38)(H,33,37)(H,34,40)/t20-,22-,25-,26+/m0/s1. The number of rotatable bonds is 4. The minimum Gasteiger partial charge on any atom is -0.491 e. The molecule has 0 unspecified atom stereocenters. The van der Waals surface area contributed by atoms with Gasteiger partial charge in [0, 0.05) is 26.2 Å². The van der Waals surface area contributed by atoms with E-state index in [0.29, 0.717) is 26.2 Å². The summed E-state index contributed by atoms with van der Waals surface area (Å²) in [5.74, 6) is -2.64. The van der Waals surface area contributed by atoms with Gasteiger partial charge in [-0.1, -0.05) is 46.8 Å². The second-order valence-corrected chi connectivity index (χ2v) is 11.7. The van der Waals surface area contributed by atoms with Gasteiger partial charge in [-0.15, -0.1) is 0 Å². The van der Waals surface area contributed by atoms with Crippen LogP contribution in [0, 0.1) is 11.8 Å². The number of hydrogen-bond donors (Lipinski definition) is 4. The molecular weight excluding hydrogens is 540 g/mol. The quantitative estimate of drug-likeness (QED) is 0.402. The molecule has 2 aliphatic heterocycles. The Balaban J connectivity index is 1.95. The highest BCUT2D eigenvalue weighted by atomic mass is 16.5. The second-order valence-electron chi connectivity index (χ2n) is 11.7. The Bertz CT molecular complexity index is 1130. The fraction of sp³-hybridized carbons (Fsp3) is 0.633. The number of piperazine rings is 1. The number of hydrogen-bond acceptors (Lipinski definition) is 7. The van der Waals surface area contributed by atoms with Crippen molar-refractivity contribution < 1.29 is 28.7 Å². The van der Waals surface area contributed by atoms with E-state index in [-0.39, 0.29) is 48.0 Å². The Morgan fingerprint density at radius 3 is 2.10 bits per heavy atom. The van der Waals surface area contributed by atoms with Crippen LogP contribution < -0.4 is 26.0 Å². The lowest BCUT2D eigenvalue weighted by Gasteiger charge is -2.36. The van der Waals surface area contributed by atoms with Gasteiger partial charge < -0.3 is 35.8 Å². The maximum atomic E-state index is 13.7. The van der Waals surface area contributed by atoms with Crippen LogP contribution in [0.1, 0.15) is 58.3 Å². The summed E-state index contributed by atoms with van der Waals surface area (Å²) in [6, 6.07) is 3.21. The number of likely N-dealkylation sites (N-methyl/N-ethyl adjacent to an activating group) is 1. The largest absolute Gasteiger partial charge is 0.491 e. The van der Waals surface area contributed by atoms with Crippen molar-refractivity contribution >= 4 is 29.5 Å². The Morgan fingerprint density at radius 2 is 1.48 bits per heavy atom. The van der Waals surface area contributed by atoms with Gasteiger partial charge in [0.05, 0.1) is 18.0 Å². The predicted molar refractivity (Wildman–Crippen MR) is 158 cm³/mol. The molecular formula is C30H46N6O6. The molecule has 2 heterocycles. The Labute approximate surface area is 248 Å². The third kappa shape index (κ3) is 8.67. The van der Waals surface area contributed by atoms with Crippen molar-refractivity contribution in [3.05, 3.63) is 29.8 Å². The first-order valence-corrected chi connectivity index (χ1v) is 14.8. The second kappa shape index (κ2) is 15.0. The van der Waals surface area contributed by atoms with Gasteiger partial charge in [-0.05, 0) is 37.4 Å². The molecule has 5 amide bonds. The summed E-state index contributed by atoms with van der Waals surface area (Å²) in [6.07, 6.45) is -0.358. The van der Waals surface area contributed by atoms with Crippen LogP contribution in [0.4, 0.5) is 0 Å². The molecule has 0 bridgehead atoms. The number of amides is 5. The maximum Gasteiger partial charge on any atom is 0.255 e. The van der Waals surface area contributed by atoms with Crippen LogP contribution in [0.3, 0.4) is 0 Å². The molecule has 1 saturated heterocycles. The van der Waals surface area contributed by atoms with Gasteiger partial charge in [-0.3, -0.25) is 24.0 Å². The molecule has 2 aliphatic rings. The van der Waals surface area contributed by atoms with Crippen molar-refractivity contribution in [2.75, 3.05) is 39.3 Å². The zero-order chi connectivity index (χ0) is 31.0. The van der Waals surface area contributed by atoms with Gasteiger partial charge in [0.2, 0.25) is 23.6 Å². The van der Waals surface area contributed by atoms with Crippen LogP contribution in [-0.4, -0.2) is 103 Å². The van der Waals surface area contributed by atoms with Gasteiger partial charge in [-0.25, -0.2) is 0 Å². The topological polar surface area (TPSA) is 149 Å². The number of carbonyl (C=O) groups excluding carboxylic acids is 5. The van der Waals surface area contributed by atoms with Crippen LogP contribution in [0.2, 0.25) is 0 Å². The number of carbonyl (C=O) groups is 5. The Kier molecular flexibility index (Phi) is 11.7. The SMILES string of the molecule is CCN1CCN(C(=O)[C@@H]2CC(=O)N[C@@H](C(C)C)C(=O)N[C@H](C(C)C)C(=O)N[C@@H](C)COc3ccccc3C(=O)N2)CC1. The average molecular weight is 587 g/mol. The van der Waals surface area contributed by atoms with E-state index in [1.54, 1.807) is 49.9 Å². The molecule has 0 spiro atoms. The average Bonchev–Trinajstić information content (AvgIpc) is 2.96. The van der Waals surface area contributed by atoms with E-state index in [9.17, 15) is 24.0 Å². The van der Waals surface area contributed by atoms with E-state index < -0.39 is 41.9 Å². The maximum absolute atomic E-state index is 13.7. The van der Waals surface area contributed by atoms with Crippen LogP contribution >= 0.6 is 0 Å². The van der Waals surface area contributed by atoms with E-state index in [1.165, 1.54) is 0 Å². The first-order chi connectivity index (χ1) is 19.9. The fourth-order valence-corrected chi connectivity index (χ4v) is 5.04. The number of benzene rings is 1. The van der Waals surface area contributed by atoms with Crippen molar-refractivity contribution in [2.24, 2.45) is 11.8 Å².